The molecular weight excluding hydrogens is 412 g/mol. The third-order valence-electron chi connectivity index (χ3n) is 5.25. The van der Waals surface area contributed by atoms with Crippen molar-refractivity contribution in [2.24, 2.45) is 5.73 Å². The fourth-order valence-electron chi connectivity index (χ4n) is 3.77. The van der Waals surface area contributed by atoms with E-state index in [2.05, 4.69) is 55.4 Å². The summed E-state index contributed by atoms with van der Waals surface area (Å²) >= 11 is 0. The van der Waals surface area contributed by atoms with E-state index in [1.165, 1.54) is 16.7 Å². The molecule has 0 spiro atoms. The number of nitrogens with two attached hydrogens (primary N) is 1. The zero-order chi connectivity index (χ0) is 24.3. The Hall–Kier alpha value is -2.37. The van der Waals surface area contributed by atoms with Gasteiger partial charge in [-0.15, -0.1) is 0 Å². The number of nitrogens with zero attached hydrogens (tertiary/aromatic N) is 1. The lowest BCUT2D eigenvalue weighted by Crippen LogP contribution is -2.24. The zero-order valence-corrected chi connectivity index (χ0v) is 21.2. The summed E-state index contributed by atoms with van der Waals surface area (Å²) in [5, 5.41) is 0. The van der Waals surface area contributed by atoms with Crippen molar-refractivity contribution in [3.05, 3.63) is 64.7 Å². The maximum atomic E-state index is 12.2. The number of para-hydroxylation sites is 1. The van der Waals surface area contributed by atoms with Crippen LogP contribution in [0.3, 0.4) is 0 Å². The van der Waals surface area contributed by atoms with Crippen molar-refractivity contribution >= 4 is 5.97 Å². The Kier molecular flexibility index (Phi) is 10.9. The fourth-order valence-corrected chi connectivity index (χ4v) is 3.77. The SMILES string of the molecule is CN(C)CCCOc1ccccc1CCc1cc(CCN)cc(CCC(=O)OC(C)(C)C)c1. The van der Waals surface area contributed by atoms with E-state index in [4.69, 9.17) is 15.2 Å². The molecule has 0 saturated carbocycles. The van der Waals surface area contributed by atoms with Crippen molar-refractivity contribution in [2.45, 2.75) is 64.9 Å². The van der Waals surface area contributed by atoms with Crippen LogP contribution in [0.15, 0.2) is 42.5 Å². The number of aryl methyl sites for hydroxylation is 3. The second-order valence-corrected chi connectivity index (χ2v) is 9.90. The van der Waals surface area contributed by atoms with Crippen LogP contribution in [0.25, 0.3) is 0 Å². The average Bonchev–Trinajstić information content (AvgIpc) is 2.73. The smallest absolute Gasteiger partial charge is 0.306 e. The molecule has 2 aromatic carbocycles. The molecule has 0 saturated heterocycles. The van der Waals surface area contributed by atoms with Gasteiger partial charge in [0.2, 0.25) is 0 Å². The number of rotatable bonds is 13. The second kappa shape index (κ2) is 13.4. The molecular formula is C28H42N2O3. The first kappa shape index (κ1) is 26.9. The fraction of sp³-hybridized carbons (Fsp3) is 0.536. The molecule has 0 bridgehead atoms. The van der Waals surface area contributed by atoms with Crippen LogP contribution in [0, 0.1) is 0 Å². The molecule has 0 aromatic heterocycles. The van der Waals surface area contributed by atoms with Gasteiger partial charge in [0, 0.05) is 13.0 Å². The van der Waals surface area contributed by atoms with Crippen LogP contribution in [-0.2, 0) is 35.2 Å². The highest BCUT2D eigenvalue weighted by Crippen LogP contribution is 2.22. The van der Waals surface area contributed by atoms with E-state index in [0.29, 0.717) is 19.4 Å². The van der Waals surface area contributed by atoms with Gasteiger partial charge in [-0.2, -0.15) is 0 Å². The Morgan fingerprint density at radius 2 is 1.58 bits per heavy atom. The van der Waals surface area contributed by atoms with Crippen LogP contribution in [0.4, 0.5) is 0 Å². The lowest BCUT2D eigenvalue weighted by atomic mass is 9.96. The van der Waals surface area contributed by atoms with Crippen LogP contribution in [0.5, 0.6) is 5.75 Å². The maximum Gasteiger partial charge on any atom is 0.306 e. The summed E-state index contributed by atoms with van der Waals surface area (Å²) in [6.07, 6.45) is 4.71. The van der Waals surface area contributed by atoms with E-state index in [9.17, 15) is 4.79 Å². The van der Waals surface area contributed by atoms with Crippen LogP contribution in [0.2, 0.25) is 0 Å². The minimum Gasteiger partial charge on any atom is -0.493 e. The number of ether oxygens (including phenoxy) is 2. The molecule has 0 fully saturated rings. The van der Waals surface area contributed by atoms with E-state index in [-0.39, 0.29) is 5.97 Å². The Morgan fingerprint density at radius 1 is 0.939 bits per heavy atom. The van der Waals surface area contributed by atoms with E-state index < -0.39 is 5.60 Å². The summed E-state index contributed by atoms with van der Waals surface area (Å²) in [4.78, 5) is 14.3. The third kappa shape index (κ3) is 10.9. The third-order valence-corrected chi connectivity index (χ3v) is 5.25. The van der Waals surface area contributed by atoms with Crippen molar-refractivity contribution in [3.63, 3.8) is 0 Å². The minimum atomic E-state index is -0.453. The van der Waals surface area contributed by atoms with E-state index in [1.807, 2.05) is 26.8 Å². The quantitative estimate of drug-likeness (QED) is 0.355. The predicted octanol–water partition coefficient (Wildman–Crippen LogP) is 4.58. The molecule has 5 heteroatoms. The topological polar surface area (TPSA) is 64.8 Å². The van der Waals surface area contributed by atoms with Gasteiger partial charge in [-0.3, -0.25) is 4.79 Å². The number of carbonyl (C=O) groups excluding carboxylic acids is 1. The summed E-state index contributed by atoms with van der Waals surface area (Å²) in [5.74, 6) is 0.813. The molecule has 0 heterocycles. The van der Waals surface area contributed by atoms with Gasteiger partial charge in [0.25, 0.3) is 0 Å². The van der Waals surface area contributed by atoms with E-state index >= 15 is 0 Å². The van der Waals surface area contributed by atoms with Crippen LogP contribution in [0.1, 0.15) is 55.9 Å². The molecule has 182 valence electrons. The normalized spacial score (nSPS) is 11.6. The average molecular weight is 455 g/mol. The molecule has 2 N–H and O–H groups in total. The molecule has 5 nitrogen and oxygen atoms in total. The van der Waals surface area contributed by atoms with Gasteiger partial charge >= 0.3 is 5.97 Å². The van der Waals surface area contributed by atoms with Gasteiger partial charge in [0.15, 0.2) is 0 Å². The van der Waals surface area contributed by atoms with Crippen molar-refractivity contribution in [3.8, 4) is 5.75 Å². The first-order chi connectivity index (χ1) is 15.7. The lowest BCUT2D eigenvalue weighted by Gasteiger charge is -2.19. The number of carbonyl (C=O) groups is 1. The largest absolute Gasteiger partial charge is 0.493 e. The lowest BCUT2D eigenvalue weighted by molar-refractivity contribution is -0.154. The van der Waals surface area contributed by atoms with E-state index in [0.717, 1.165) is 50.1 Å². The summed E-state index contributed by atoms with van der Waals surface area (Å²) < 4.78 is 11.5. The molecule has 0 aliphatic heterocycles. The molecule has 0 aliphatic rings. The van der Waals surface area contributed by atoms with Crippen LogP contribution < -0.4 is 10.5 Å². The molecule has 0 atom stereocenters. The predicted molar refractivity (Wildman–Crippen MR) is 136 cm³/mol. The summed E-state index contributed by atoms with van der Waals surface area (Å²) in [7, 11) is 4.16. The molecule has 0 amide bonds. The molecule has 0 unspecified atom stereocenters. The van der Waals surface area contributed by atoms with Crippen LogP contribution in [-0.4, -0.2) is 50.3 Å². The van der Waals surface area contributed by atoms with E-state index in [1.54, 1.807) is 0 Å². The number of benzene rings is 2. The van der Waals surface area contributed by atoms with Crippen LogP contribution >= 0.6 is 0 Å². The highest BCUT2D eigenvalue weighted by Gasteiger charge is 2.16. The first-order valence-electron chi connectivity index (χ1n) is 12.1. The molecule has 2 aromatic rings. The van der Waals surface area contributed by atoms with Crippen molar-refractivity contribution in [1.82, 2.24) is 4.90 Å². The number of hydrogen-bond acceptors (Lipinski definition) is 5. The summed E-state index contributed by atoms with van der Waals surface area (Å²) in [6.45, 7) is 8.04. The van der Waals surface area contributed by atoms with Gasteiger partial charge in [0.1, 0.15) is 11.4 Å². The highest BCUT2D eigenvalue weighted by molar-refractivity contribution is 5.70. The van der Waals surface area contributed by atoms with Gasteiger partial charge < -0.3 is 20.1 Å². The highest BCUT2D eigenvalue weighted by atomic mass is 16.6. The Labute approximate surface area is 200 Å². The Balaban J connectivity index is 2.03. The summed E-state index contributed by atoms with van der Waals surface area (Å²) in [6, 6.07) is 14.9. The number of esters is 1. The Morgan fingerprint density at radius 3 is 2.21 bits per heavy atom. The first-order valence-corrected chi connectivity index (χ1v) is 12.1. The second-order valence-electron chi connectivity index (χ2n) is 9.90. The molecule has 0 aliphatic carbocycles. The van der Waals surface area contributed by atoms with Crippen molar-refractivity contribution in [1.29, 1.82) is 0 Å². The van der Waals surface area contributed by atoms with Crippen molar-refractivity contribution < 1.29 is 14.3 Å². The van der Waals surface area contributed by atoms with Gasteiger partial charge in [0.05, 0.1) is 6.61 Å². The molecule has 33 heavy (non-hydrogen) atoms. The van der Waals surface area contributed by atoms with Gasteiger partial charge in [-0.25, -0.2) is 0 Å². The van der Waals surface area contributed by atoms with Gasteiger partial charge in [-0.1, -0.05) is 36.4 Å². The van der Waals surface area contributed by atoms with Crippen molar-refractivity contribution in [2.75, 3.05) is 33.8 Å². The standard InChI is InChI=1S/C28H42N2O3/c1-28(2,3)33-27(31)14-12-23-19-22(20-24(21-23)15-16-29)11-13-25-9-6-7-10-26(25)32-18-8-17-30(4)5/h6-7,9-10,19-21H,8,11-18,29H2,1-5H3. The molecule has 0 radical (unpaired) electrons. The maximum absolute atomic E-state index is 12.2. The molecule has 2 rings (SSSR count). The zero-order valence-electron chi connectivity index (χ0n) is 21.2. The number of hydrogen-bond donors (Lipinski definition) is 1. The minimum absolute atomic E-state index is 0.159. The van der Waals surface area contributed by atoms with Gasteiger partial charge in [-0.05, 0) is 102 Å². The summed E-state index contributed by atoms with van der Waals surface area (Å²) in [5.41, 5.74) is 10.2. The Bertz CT molecular complexity index is 872. The monoisotopic (exact) mass is 454 g/mol.